The molecular weight excluding hydrogens is 362 g/mol. The van der Waals surface area contributed by atoms with E-state index in [2.05, 4.69) is 4.72 Å². The Bertz CT molecular complexity index is 1010. The predicted molar refractivity (Wildman–Crippen MR) is 106 cm³/mol. The summed E-state index contributed by atoms with van der Waals surface area (Å²) in [5, 5.41) is 12.6. The Morgan fingerprint density at radius 1 is 1.00 bits per heavy atom. The summed E-state index contributed by atoms with van der Waals surface area (Å²) in [7, 11) is -3.72. The minimum atomic E-state index is -3.72. The van der Waals surface area contributed by atoms with Crippen molar-refractivity contribution < 1.29 is 18.3 Å². The molecule has 0 spiro atoms. The first-order chi connectivity index (χ1) is 13.0. The summed E-state index contributed by atoms with van der Waals surface area (Å²) in [5.41, 5.74) is 0.794. The maximum Gasteiger partial charge on any atom is 0.244 e. The van der Waals surface area contributed by atoms with Gasteiger partial charge in [0.05, 0.1) is 12.7 Å². The molecule has 0 radical (unpaired) electrons. The van der Waals surface area contributed by atoms with Crippen molar-refractivity contribution in [1.29, 1.82) is 0 Å². The fourth-order valence-electron chi connectivity index (χ4n) is 3.05. The molecule has 0 heterocycles. The van der Waals surface area contributed by atoms with Gasteiger partial charge in [-0.15, -0.1) is 0 Å². The van der Waals surface area contributed by atoms with Crippen LogP contribution >= 0.6 is 0 Å². The highest BCUT2D eigenvalue weighted by Crippen LogP contribution is 2.27. The van der Waals surface area contributed by atoms with Gasteiger partial charge >= 0.3 is 0 Å². The van der Waals surface area contributed by atoms with Gasteiger partial charge in [-0.1, -0.05) is 54.6 Å². The Hall–Kier alpha value is -2.41. The predicted octanol–water partition coefficient (Wildman–Crippen LogP) is 3.64. The number of para-hydroxylation sites is 1. The van der Waals surface area contributed by atoms with Crippen LogP contribution in [0.4, 0.5) is 0 Å². The molecule has 3 rings (SSSR count). The molecule has 0 aliphatic carbocycles. The van der Waals surface area contributed by atoms with Crippen molar-refractivity contribution in [3.8, 4) is 5.75 Å². The van der Waals surface area contributed by atoms with Gasteiger partial charge in [0.2, 0.25) is 10.0 Å². The molecule has 1 atom stereocenters. The molecule has 27 heavy (non-hydrogen) atoms. The monoisotopic (exact) mass is 385 g/mol. The number of hydrogen-bond donors (Lipinski definition) is 2. The lowest BCUT2D eigenvalue weighted by Crippen LogP contribution is -2.26. The van der Waals surface area contributed by atoms with E-state index in [1.54, 1.807) is 25.1 Å². The summed E-state index contributed by atoms with van der Waals surface area (Å²) in [6.45, 7) is 2.30. The van der Waals surface area contributed by atoms with Crippen LogP contribution in [0.15, 0.2) is 71.6 Å². The number of hydrogen-bond acceptors (Lipinski definition) is 4. The number of aliphatic hydroxyl groups is 1. The molecule has 6 heteroatoms. The smallest absolute Gasteiger partial charge is 0.244 e. The molecule has 0 fully saturated rings. The number of ether oxygens (including phenoxy) is 1. The summed E-state index contributed by atoms with van der Waals surface area (Å²) >= 11 is 0. The van der Waals surface area contributed by atoms with Crippen molar-refractivity contribution in [3.63, 3.8) is 0 Å². The number of nitrogens with one attached hydrogen (secondary N) is 1. The first kappa shape index (κ1) is 19.4. The Morgan fingerprint density at radius 2 is 1.70 bits per heavy atom. The standard InChI is InChI=1S/C21H23NO4S/c1-2-26-20-12-5-6-13-21(20)27(24,25)22-15-14-19(23)18-11-7-9-16-8-3-4-10-17(16)18/h3-13,19,22-23H,2,14-15H2,1H3. The molecule has 0 amide bonds. The molecular formula is C21H23NO4S. The summed E-state index contributed by atoms with van der Waals surface area (Å²) in [5.74, 6) is 0.321. The fourth-order valence-corrected chi connectivity index (χ4v) is 4.24. The van der Waals surface area contributed by atoms with Crippen LogP contribution in [-0.2, 0) is 10.0 Å². The lowest BCUT2D eigenvalue weighted by Gasteiger charge is -2.15. The highest BCUT2D eigenvalue weighted by Gasteiger charge is 2.19. The molecule has 1 unspecified atom stereocenters. The van der Waals surface area contributed by atoms with Gasteiger partial charge in [0.25, 0.3) is 0 Å². The maximum atomic E-state index is 12.6. The van der Waals surface area contributed by atoms with E-state index in [1.807, 2.05) is 42.5 Å². The second-order valence-electron chi connectivity index (χ2n) is 6.15. The Labute approximate surface area is 159 Å². The molecule has 0 saturated heterocycles. The van der Waals surface area contributed by atoms with Gasteiger partial charge in [-0.2, -0.15) is 0 Å². The number of benzene rings is 3. The van der Waals surface area contributed by atoms with Crippen LogP contribution in [0, 0.1) is 0 Å². The molecule has 2 N–H and O–H groups in total. The normalized spacial score (nSPS) is 12.8. The minimum absolute atomic E-state index is 0.103. The molecule has 5 nitrogen and oxygen atoms in total. The molecule has 0 aliphatic rings. The average molecular weight is 385 g/mol. The topological polar surface area (TPSA) is 75.6 Å². The van der Waals surface area contributed by atoms with E-state index in [0.29, 0.717) is 12.4 Å². The van der Waals surface area contributed by atoms with Crippen LogP contribution in [0.25, 0.3) is 10.8 Å². The van der Waals surface area contributed by atoms with Gasteiger partial charge in [0.1, 0.15) is 10.6 Å². The van der Waals surface area contributed by atoms with Gasteiger partial charge in [-0.05, 0) is 41.8 Å². The van der Waals surface area contributed by atoms with E-state index in [9.17, 15) is 13.5 Å². The van der Waals surface area contributed by atoms with Crippen LogP contribution in [0.2, 0.25) is 0 Å². The van der Waals surface area contributed by atoms with E-state index < -0.39 is 16.1 Å². The van der Waals surface area contributed by atoms with Gasteiger partial charge in [-0.25, -0.2) is 13.1 Å². The van der Waals surface area contributed by atoms with Crippen LogP contribution in [0.3, 0.4) is 0 Å². The molecule has 0 bridgehead atoms. The summed E-state index contributed by atoms with van der Waals surface area (Å²) < 4.78 is 33.1. The maximum absolute atomic E-state index is 12.6. The zero-order chi connectivity index (χ0) is 19.3. The molecule has 142 valence electrons. The molecule has 0 aliphatic heterocycles. The Morgan fingerprint density at radius 3 is 2.52 bits per heavy atom. The van der Waals surface area contributed by atoms with Crippen LogP contribution in [-0.4, -0.2) is 26.7 Å². The third kappa shape index (κ3) is 4.47. The first-order valence-corrected chi connectivity index (χ1v) is 10.4. The lowest BCUT2D eigenvalue weighted by molar-refractivity contribution is 0.170. The van der Waals surface area contributed by atoms with E-state index in [1.165, 1.54) is 6.07 Å². The highest BCUT2D eigenvalue weighted by atomic mass is 32.2. The van der Waals surface area contributed by atoms with Crippen LogP contribution in [0.5, 0.6) is 5.75 Å². The average Bonchev–Trinajstić information content (AvgIpc) is 2.68. The Balaban J connectivity index is 1.70. The van der Waals surface area contributed by atoms with Crippen molar-refractivity contribution in [3.05, 3.63) is 72.3 Å². The summed E-state index contributed by atoms with van der Waals surface area (Å²) in [6.07, 6.45) is -0.495. The minimum Gasteiger partial charge on any atom is -0.492 e. The van der Waals surface area contributed by atoms with E-state index >= 15 is 0 Å². The third-order valence-corrected chi connectivity index (χ3v) is 5.83. The van der Waals surface area contributed by atoms with Gasteiger partial charge in [0, 0.05) is 6.54 Å². The van der Waals surface area contributed by atoms with Crippen molar-refractivity contribution in [2.45, 2.75) is 24.3 Å². The number of sulfonamides is 1. The Kier molecular flexibility index (Phi) is 6.11. The zero-order valence-electron chi connectivity index (χ0n) is 15.1. The number of aliphatic hydroxyl groups excluding tert-OH is 1. The SMILES string of the molecule is CCOc1ccccc1S(=O)(=O)NCCC(O)c1cccc2ccccc12. The van der Waals surface area contributed by atoms with Crippen molar-refractivity contribution in [2.24, 2.45) is 0 Å². The molecule has 0 aromatic heterocycles. The summed E-state index contributed by atoms with van der Waals surface area (Å²) in [6, 6.07) is 20.1. The van der Waals surface area contributed by atoms with Crippen LogP contribution < -0.4 is 9.46 Å². The number of fused-ring (bicyclic) bond motifs is 1. The lowest BCUT2D eigenvalue weighted by atomic mass is 9.99. The van der Waals surface area contributed by atoms with E-state index in [4.69, 9.17) is 4.74 Å². The summed E-state index contributed by atoms with van der Waals surface area (Å²) in [4.78, 5) is 0.103. The first-order valence-electron chi connectivity index (χ1n) is 8.90. The van der Waals surface area contributed by atoms with E-state index in [0.717, 1.165) is 16.3 Å². The van der Waals surface area contributed by atoms with Gasteiger partial charge < -0.3 is 9.84 Å². The fraction of sp³-hybridized carbons (Fsp3) is 0.238. The van der Waals surface area contributed by atoms with Crippen molar-refractivity contribution >= 4 is 20.8 Å². The van der Waals surface area contributed by atoms with Crippen molar-refractivity contribution in [2.75, 3.05) is 13.2 Å². The molecule has 3 aromatic carbocycles. The second-order valence-corrected chi connectivity index (χ2v) is 7.89. The largest absolute Gasteiger partial charge is 0.492 e. The van der Waals surface area contributed by atoms with Gasteiger partial charge in [0.15, 0.2) is 0 Å². The molecule has 0 saturated carbocycles. The quantitative estimate of drug-likeness (QED) is 0.621. The number of rotatable bonds is 8. The second kappa shape index (κ2) is 8.52. The third-order valence-electron chi connectivity index (χ3n) is 4.33. The zero-order valence-corrected chi connectivity index (χ0v) is 15.9. The highest BCUT2D eigenvalue weighted by molar-refractivity contribution is 7.89. The van der Waals surface area contributed by atoms with Crippen molar-refractivity contribution in [1.82, 2.24) is 4.72 Å². The van der Waals surface area contributed by atoms with Gasteiger partial charge in [-0.3, -0.25) is 0 Å². The van der Waals surface area contributed by atoms with E-state index in [-0.39, 0.29) is 17.9 Å². The molecule has 3 aromatic rings. The van der Waals surface area contributed by atoms with Crippen LogP contribution in [0.1, 0.15) is 25.0 Å².